The smallest absolute Gasteiger partial charge is 0.249 e. The van der Waals surface area contributed by atoms with Gasteiger partial charge in [0.25, 0.3) is 0 Å². The number of carbonyl (C=O) groups is 2. The van der Waals surface area contributed by atoms with Crippen molar-refractivity contribution >= 4 is 23.4 Å². The number of hydrogen-bond acceptors (Lipinski definition) is 6. The molecule has 1 N–H and O–H groups in total. The molecule has 1 aromatic carbocycles. The highest BCUT2D eigenvalue weighted by Gasteiger charge is 2.34. The Bertz CT molecular complexity index is 894. The van der Waals surface area contributed by atoms with Crippen molar-refractivity contribution in [1.29, 1.82) is 0 Å². The van der Waals surface area contributed by atoms with Crippen molar-refractivity contribution in [2.24, 2.45) is 0 Å². The van der Waals surface area contributed by atoms with E-state index in [1.54, 1.807) is 22.9 Å². The van der Waals surface area contributed by atoms with Crippen LogP contribution in [0.1, 0.15) is 31.6 Å². The Balaban J connectivity index is 1.36. The molecule has 29 heavy (non-hydrogen) atoms. The molecule has 8 nitrogen and oxygen atoms in total. The van der Waals surface area contributed by atoms with Gasteiger partial charge in [-0.15, -0.1) is 10.2 Å². The van der Waals surface area contributed by atoms with Gasteiger partial charge in [-0.2, -0.15) is 0 Å². The van der Waals surface area contributed by atoms with Crippen LogP contribution in [0.25, 0.3) is 11.5 Å². The number of benzene rings is 1. The number of amides is 2. The molecule has 1 heterocycles. The minimum Gasteiger partial charge on any atom is -0.419 e. The molecule has 0 saturated heterocycles. The summed E-state index contributed by atoms with van der Waals surface area (Å²) >= 11 is 6.19. The summed E-state index contributed by atoms with van der Waals surface area (Å²) < 4.78 is 5.75. The van der Waals surface area contributed by atoms with Gasteiger partial charge in [0.2, 0.25) is 23.6 Å². The van der Waals surface area contributed by atoms with Gasteiger partial charge in [-0.05, 0) is 44.9 Å². The van der Waals surface area contributed by atoms with Gasteiger partial charge in [0.1, 0.15) is 0 Å². The molecular formula is C20H24ClN5O3. The number of rotatable bonds is 9. The molecule has 9 heteroatoms. The van der Waals surface area contributed by atoms with Crippen LogP contribution in [0.5, 0.6) is 0 Å². The van der Waals surface area contributed by atoms with Crippen LogP contribution in [-0.2, 0) is 16.1 Å². The number of aromatic nitrogens is 2. The fraction of sp³-hybridized carbons (Fsp3) is 0.500. The predicted octanol–water partition coefficient (Wildman–Crippen LogP) is 2.09. The monoisotopic (exact) mass is 417 g/mol. The standard InChI is InChI=1S/C20H24ClN5O3/c1-25(10-17(27)22-13-6-7-13)12-19(28)26(14-8-9-14)11-18-23-24-20(29-18)15-4-2-3-5-16(15)21/h2-5,13-14H,6-12H2,1H3,(H,22,27). The zero-order valence-corrected chi connectivity index (χ0v) is 17.1. The van der Waals surface area contributed by atoms with Crippen LogP contribution in [0.3, 0.4) is 0 Å². The molecule has 2 aliphatic rings. The maximum Gasteiger partial charge on any atom is 0.249 e. The molecule has 2 aromatic rings. The summed E-state index contributed by atoms with van der Waals surface area (Å²) in [6, 6.07) is 7.76. The second-order valence-corrected chi connectivity index (χ2v) is 8.15. The summed E-state index contributed by atoms with van der Waals surface area (Å²) in [5.41, 5.74) is 0.665. The zero-order chi connectivity index (χ0) is 20.4. The van der Waals surface area contributed by atoms with E-state index in [0.29, 0.717) is 28.4 Å². The fourth-order valence-corrected chi connectivity index (χ4v) is 3.35. The number of halogens is 1. The van der Waals surface area contributed by atoms with E-state index in [1.165, 1.54) is 0 Å². The van der Waals surface area contributed by atoms with E-state index < -0.39 is 0 Å². The van der Waals surface area contributed by atoms with Crippen molar-refractivity contribution in [3.63, 3.8) is 0 Å². The Morgan fingerprint density at radius 2 is 1.93 bits per heavy atom. The highest BCUT2D eigenvalue weighted by Crippen LogP contribution is 2.30. The van der Waals surface area contributed by atoms with Crippen LogP contribution in [0, 0.1) is 0 Å². The molecule has 2 fully saturated rings. The average Bonchev–Trinajstić information content (AvgIpc) is 3.60. The van der Waals surface area contributed by atoms with E-state index in [-0.39, 0.29) is 37.5 Å². The van der Waals surface area contributed by atoms with E-state index in [9.17, 15) is 9.59 Å². The van der Waals surface area contributed by atoms with Crippen molar-refractivity contribution in [3.8, 4) is 11.5 Å². The Labute approximate surface area is 174 Å². The molecule has 0 aliphatic heterocycles. The van der Waals surface area contributed by atoms with Crippen LogP contribution >= 0.6 is 11.6 Å². The summed E-state index contributed by atoms with van der Waals surface area (Å²) in [5.74, 6) is 0.616. The minimum atomic E-state index is -0.0493. The lowest BCUT2D eigenvalue weighted by atomic mass is 10.2. The second kappa shape index (κ2) is 8.51. The normalized spacial score (nSPS) is 16.1. The summed E-state index contributed by atoms with van der Waals surface area (Å²) in [7, 11) is 1.78. The van der Waals surface area contributed by atoms with E-state index in [0.717, 1.165) is 25.7 Å². The maximum absolute atomic E-state index is 12.8. The number of likely N-dealkylation sites (N-methyl/N-ethyl adjacent to an activating group) is 1. The molecule has 0 radical (unpaired) electrons. The topological polar surface area (TPSA) is 91.6 Å². The van der Waals surface area contributed by atoms with Crippen molar-refractivity contribution in [3.05, 3.63) is 35.2 Å². The average molecular weight is 418 g/mol. The highest BCUT2D eigenvalue weighted by molar-refractivity contribution is 6.33. The molecule has 2 saturated carbocycles. The number of nitrogens with one attached hydrogen (secondary N) is 1. The van der Waals surface area contributed by atoms with Crippen LogP contribution < -0.4 is 5.32 Å². The van der Waals surface area contributed by atoms with Crippen LogP contribution in [0.4, 0.5) is 0 Å². The Hall–Kier alpha value is -2.45. The molecule has 0 bridgehead atoms. The van der Waals surface area contributed by atoms with Crippen molar-refractivity contribution in [2.75, 3.05) is 20.1 Å². The first kappa shape index (κ1) is 19.8. The van der Waals surface area contributed by atoms with Gasteiger partial charge in [-0.3, -0.25) is 14.5 Å². The number of hydrogen-bond donors (Lipinski definition) is 1. The third-order valence-corrected chi connectivity index (χ3v) is 5.28. The van der Waals surface area contributed by atoms with Crippen LogP contribution in [0.2, 0.25) is 5.02 Å². The van der Waals surface area contributed by atoms with Gasteiger partial charge in [0.05, 0.1) is 30.2 Å². The third kappa shape index (κ3) is 5.33. The molecule has 2 aliphatic carbocycles. The SMILES string of the molecule is CN(CC(=O)NC1CC1)CC(=O)N(Cc1nnc(-c2ccccc2Cl)o1)C1CC1. The van der Waals surface area contributed by atoms with Gasteiger partial charge in [0.15, 0.2) is 0 Å². The summed E-state index contributed by atoms with van der Waals surface area (Å²) in [6.07, 6.45) is 4.01. The second-order valence-electron chi connectivity index (χ2n) is 7.75. The van der Waals surface area contributed by atoms with E-state index in [2.05, 4.69) is 15.5 Å². The Morgan fingerprint density at radius 3 is 2.62 bits per heavy atom. The Morgan fingerprint density at radius 1 is 1.17 bits per heavy atom. The van der Waals surface area contributed by atoms with Crippen LogP contribution in [0.15, 0.2) is 28.7 Å². The Kier molecular flexibility index (Phi) is 5.82. The van der Waals surface area contributed by atoms with Gasteiger partial charge in [-0.25, -0.2) is 0 Å². The van der Waals surface area contributed by atoms with E-state index in [1.807, 2.05) is 18.2 Å². The minimum absolute atomic E-state index is 0.0398. The molecule has 2 amide bonds. The van der Waals surface area contributed by atoms with Gasteiger partial charge < -0.3 is 14.6 Å². The van der Waals surface area contributed by atoms with Crippen LogP contribution in [-0.4, -0.2) is 64.0 Å². The lowest BCUT2D eigenvalue weighted by Crippen LogP contribution is -2.43. The highest BCUT2D eigenvalue weighted by atomic mass is 35.5. The lowest BCUT2D eigenvalue weighted by molar-refractivity contribution is -0.134. The quantitative estimate of drug-likeness (QED) is 0.671. The van der Waals surface area contributed by atoms with Gasteiger partial charge in [-0.1, -0.05) is 23.7 Å². The van der Waals surface area contributed by atoms with Gasteiger partial charge >= 0.3 is 0 Å². The first-order chi connectivity index (χ1) is 14.0. The summed E-state index contributed by atoms with van der Waals surface area (Å²) in [6.45, 7) is 0.626. The number of carbonyl (C=O) groups excluding carboxylic acids is 2. The fourth-order valence-electron chi connectivity index (χ4n) is 3.14. The summed E-state index contributed by atoms with van der Waals surface area (Å²) in [4.78, 5) is 28.3. The van der Waals surface area contributed by atoms with Crippen molar-refractivity contribution < 1.29 is 14.0 Å². The zero-order valence-electron chi connectivity index (χ0n) is 16.3. The predicted molar refractivity (Wildman–Crippen MR) is 107 cm³/mol. The third-order valence-electron chi connectivity index (χ3n) is 4.95. The first-order valence-electron chi connectivity index (χ1n) is 9.84. The molecule has 0 atom stereocenters. The van der Waals surface area contributed by atoms with Crippen molar-refractivity contribution in [2.45, 2.75) is 44.3 Å². The maximum atomic E-state index is 12.8. The van der Waals surface area contributed by atoms with E-state index >= 15 is 0 Å². The largest absolute Gasteiger partial charge is 0.419 e. The molecular weight excluding hydrogens is 394 g/mol. The van der Waals surface area contributed by atoms with E-state index in [4.69, 9.17) is 16.0 Å². The van der Waals surface area contributed by atoms with Gasteiger partial charge in [0, 0.05) is 12.1 Å². The summed E-state index contributed by atoms with van der Waals surface area (Å²) in [5, 5.41) is 11.6. The molecule has 0 spiro atoms. The molecule has 0 unspecified atom stereocenters. The number of nitrogens with zero attached hydrogens (tertiary/aromatic N) is 4. The van der Waals surface area contributed by atoms with Crippen molar-refractivity contribution in [1.82, 2.24) is 25.3 Å². The molecule has 1 aromatic heterocycles. The lowest BCUT2D eigenvalue weighted by Gasteiger charge is -2.24. The first-order valence-corrected chi connectivity index (χ1v) is 10.2. The molecule has 154 valence electrons. The molecule has 4 rings (SSSR count).